The standard InChI is InChI=1S/C20H18ClNO3/c1-12-4-6-16(13(2)10-12)22-20(23)19-9-8-17(25-19)14-5-7-18(24-3)15(21)11-14/h4-11H,1-3H3,(H,22,23). The van der Waals surface area contributed by atoms with Gasteiger partial charge in [0, 0.05) is 11.3 Å². The summed E-state index contributed by atoms with van der Waals surface area (Å²) in [5.74, 6) is 1.10. The van der Waals surface area contributed by atoms with Crippen molar-refractivity contribution in [2.45, 2.75) is 13.8 Å². The SMILES string of the molecule is COc1ccc(-c2ccc(C(=O)Nc3ccc(C)cc3C)o2)cc1Cl. The molecule has 25 heavy (non-hydrogen) atoms. The van der Waals surface area contributed by atoms with Gasteiger partial charge in [0.2, 0.25) is 0 Å². The van der Waals surface area contributed by atoms with E-state index in [2.05, 4.69) is 5.32 Å². The van der Waals surface area contributed by atoms with Crippen molar-refractivity contribution >= 4 is 23.2 Å². The first-order valence-electron chi connectivity index (χ1n) is 7.80. The Bertz CT molecular complexity index is 930. The molecule has 4 nitrogen and oxygen atoms in total. The van der Waals surface area contributed by atoms with Crippen molar-refractivity contribution < 1.29 is 13.9 Å². The molecule has 1 amide bonds. The lowest BCUT2D eigenvalue weighted by molar-refractivity contribution is 0.0997. The lowest BCUT2D eigenvalue weighted by Gasteiger charge is -2.08. The molecule has 0 aliphatic heterocycles. The molecule has 1 N–H and O–H groups in total. The van der Waals surface area contributed by atoms with Crippen LogP contribution in [0.25, 0.3) is 11.3 Å². The maximum Gasteiger partial charge on any atom is 0.291 e. The highest BCUT2D eigenvalue weighted by molar-refractivity contribution is 6.32. The quantitative estimate of drug-likeness (QED) is 0.674. The molecule has 2 aromatic carbocycles. The average Bonchev–Trinajstić information content (AvgIpc) is 3.07. The summed E-state index contributed by atoms with van der Waals surface area (Å²) in [6, 6.07) is 14.6. The van der Waals surface area contributed by atoms with E-state index in [9.17, 15) is 4.79 Å². The van der Waals surface area contributed by atoms with Crippen LogP contribution in [-0.4, -0.2) is 13.0 Å². The third kappa shape index (κ3) is 3.69. The number of carbonyl (C=O) groups excluding carboxylic acids is 1. The normalized spacial score (nSPS) is 10.6. The van der Waals surface area contributed by atoms with Crippen LogP contribution in [0.2, 0.25) is 5.02 Å². The van der Waals surface area contributed by atoms with Gasteiger partial charge >= 0.3 is 0 Å². The predicted octanol–water partition coefficient (Wildman–Crippen LogP) is 5.48. The number of carbonyl (C=O) groups is 1. The molecule has 1 heterocycles. The highest BCUT2D eigenvalue weighted by Gasteiger charge is 2.14. The molecule has 5 heteroatoms. The first kappa shape index (κ1) is 17.1. The number of methoxy groups -OCH3 is 1. The second kappa shape index (κ2) is 7.03. The molecule has 0 aliphatic carbocycles. The number of hydrogen-bond donors (Lipinski definition) is 1. The first-order valence-corrected chi connectivity index (χ1v) is 8.18. The molecule has 0 aliphatic rings. The molecule has 0 radical (unpaired) electrons. The molecule has 0 fully saturated rings. The zero-order chi connectivity index (χ0) is 18.0. The lowest BCUT2D eigenvalue weighted by Crippen LogP contribution is -2.11. The zero-order valence-electron chi connectivity index (χ0n) is 14.2. The van der Waals surface area contributed by atoms with Gasteiger partial charge in [0.1, 0.15) is 11.5 Å². The molecule has 128 valence electrons. The Kier molecular flexibility index (Phi) is 4.81. The van der Waals surface area contributed by atoms with Gasteiger partial charge < -0.3 is 14.5 Å². The fourth-order valence-corrected chi connectivity index (χ4v) is 2.83. The van der Waals surface area contributed by atoms with E-state index in [1.54, 1.807) is 31.4 Å². The smallest absolute Gasteiger partial charge is 0.291 e. The Morgan fingerprint density at radius 3 is 2.56 bits per heavy atom. The first-order chi connectivity index (χ1) is 12.0. The van der Waals surface area contributed by atoms with Crippen LogP contribution < -0.4 is 10.1 Å². The van der Waals surface area contributed by atoms with Gasteiger partial charge in [0.15, 0.2) is 5.76 Å². The van der Waals surface area contributed by atoms with Crippen LogP contribution in [0.5, 0.6) is 5.75 Å². The van der Waals surface area contributed by atoms with Crippen molar-refractivity contribution in [3.05, 3.63) is 70.4 Å². The summed E-state index contributed by atoms with van der Waals surface area (Å²) in [6.45, 7) is 3.97. The number of anilines is 1. The summed E-state index contributed by atoms with van der Waals surface area (Å²) < 4.78 is 10.8. The molecule has 0 saturated heterocycles. The van der Waals surface area contributed by atoms with Crippen molar-refractivity contribution in [3.8, 4) is 17.1 Å². The highest BCUT2D eigenvalue weighted by Crippen LogP contribution is 2.31. The molecule has 3 aromatic rings. The fraction of sp³-hybridized carbons (Fsp3) is 0.150. The van der Waals surface area contributed by atoms with E-state index in [4.69, 9.17) is 20.8 Å². The van der Waals surface area contributed by atoms with Gasteiger partial charge in [-0.2, -0.15) is 0 Å². The van der Waals surface area contributed by atoms with E-state index >= 15 is 0 Å². The monoisotopic (exact) mass is 355 g/mol. The summed E-state index contributed by atoms with van der Waals surface area (Å²) in [6.07, 6.45) is 0. The summed E-state index contributed by atoms with van der Waals surface area (Å²) in [4.78, 5) is 12.4. The molecular formula is C20H18ClNO3. The zero-order valence-corrected chi connectivity index (χ0v) is 15.0. The van der Waals surface area contributed by atoms with Crippen molar-refractivity contribution in [3.63, 3.8) is 0 Å². The largest absolute Gasteiger partial charge is 0.495 e. The molecule has 1 aromatic heterocycles. The highest BCUT2D eigenvalue weighted by atomic mass is 35.5. The molecule has 0 spiro atoms. The minimum Gasteiger partial charge on any atom is -0.495 e. The van der Waals surface area contributed by atoms with Crippen molar-refractivity contribution in [2.24, 2.45) is 0 Å². The van der Waals surface area contributed by atoms with Gasteiger partial charge in [0.25, 0.3) is 5.91 Å². The molecule has 3 rings (SSSR count). The van der Waals surface area contributed by atoms with Gasteiger partial charge in [-0.05, 0) is 55.8 Å². The van der Waals surface area contributed by atoms with Crippen LogP contribution in [0.15, 0.2) is 52.9 Å². The Morgan fingerprint density at radius 2 is 1.88 bits per heavy atom. The van der Waals surface area contributed by atoms with E-state index in [0.717, 1.165) is 22.4 Å². The van der Waals surface area contributed by atoms with E-state index < -0.39 is 0 Å². The number of rotatable bonds is 4. The summed E-state index contributed by atoms with van der Waals surface area (Å²) in [5, 5.41) is 3.35. The van der Waals surface area contributed by atoms with Gasteiger partial charge in [-0.15, -0.1) is 0 Å². The number of aryl methyl sites for hydroxylation is 2. The molecule has 0 bridgehead atoms. The van der Waals surface area contributed by atoms with E-state index in [-0.39, 0.29) is 11.7 Å². The van der Waals surface area contributed by atoms with Crippen LogP contribution in [0.4, 0.5) is 5.69 Å². The van der Waals surface area contributed by atoms with E-state index in [0.29, 0.717) is 16.5 Å². The number of amides is 1. The third-order valence-corrected chi connectivity index (χ3v) is 4.19. The number of nitrogens with one attached hydrogen (secondary N) is 1. The minimum atomic E-state index is -0.294. The maximum absolute atomic E-state index is 12.4. The van der Waals surface area contributed by atoms with Gasteiger partial charge in [-0.1, -0.05) is 29.3 Å². The van der Waals surface area contributed by atoms with Gasteiger partial charge in [-0.3, -0.25) is 4.79 Å². The van der Waals surface area contributed by atoms with Crippen LogP contribution >= 0.6 is 11.6 Å². The topological polar surface area (TPSA) is 51.5 Å². The predicted molar refractivity (Wildman–Crippen MR) is 99.6 cm³/mol. The van der Waals surface area contributed by atoms with E-state index in [1.165, 1.54) is 0 Å². The third-order valence-electron chi connectivity index (χ3n) is 3.90. The van der Waals surface area contributed by atoms with Crippen molar-refractivity contribution in [2.75, 3.05) is 12.4 Å². The van der Waals surface area contributed by atoms with Crippen molar-refractivity contribution in [1.29, 1.82) is 0 Å². The Labute approximate surface area is 151 Å². The van der Waals surface area contributed by atoms with Crippen LogP contribution in [0, 0.1) is 13.8 Å². The molecule has 0 atom stereocenters. The molecular weight excluding hydrogens is 338 g/mol. The maximum atomic E-state index is 12.4. The van der Waals surface area contributed by atoms with Gasteiger partial charge in [0.05, 0.1) is 12.1 Å². The summed E-state index contributed by atoms with van der Waals surface area (Å²) >= 11 is 6.14. The minimum absolute atomic E-state index is 0.238. The number of furan rings is 1. The number of benzene rings is 2. The number of halogens is 1. The summed E-state index contributed by atoms with van der Waals surface area (Å²) in [7, 11) is 1.56. The van der Waals surface area contributed by atoms with E-state index in [1.807, 2.05) is 38.1 Å². The van der Waals surface area contributed by atoms with Crippen molar-refractivity contribution in [1.82, 2.24) is 0 Å². The Morgan fingerprint density at radius 1 is 1.08 bits per heavy atom. The molecule has 0 saturated carbocycles. The average molecular weight is 356 g/mol. The lowest BCUT2D eigenvalue weighted by atomic mass is 10.1. The van der Waals surface area contributed by atoms with Crippen LogP contribution in [0.1, 0.15) is 21.7 Å². The van der Waals surface area contributed by atoms with Crippen LogP contribution in [-0.2, 0) is 0 Å². The molecule has 0 unspecified atom stereocenters. The van der Waals surface area contributed by atoms with Gasteiger partial charge in [-0.25, -0.2) is 0 Å². The number of ether oxygens (including phenoxy) is 1. The Hall–Kier alpha value is -2.72. The number of hydrogen-bond acceptors (Lipinski definition) is 3. The van der Waals surface area contributed by atoms with Crippen LogP contribution in [0.3, 0.4) is 0 Å². The fourth-order valence-electron chi connectivity index (χ4n) is 2.57. The second-order valence-corrected chi connectivity index (χ2v) is 6.19. The summed E-state index contributed by atoms with van der Waals surface area (Å²) in [5.41, 5.74) is 3.69. The second-order valence-electron chi connectivity index (χ2n) is 5.79. The Balaban J connectivity index is 1.81.